The SMILES string of the molecule is CCOC(=O)CC(O)C(O)c1ccc(-n2ncc(C#N)c2N)cc1. The van der Waals surface area contributed by atoms with Gasteiger partial charge in [-0.05, 0) is 24.6 Å². The molecule has 0 radical (unpaired) electrons. The Hall–Kier alpha value is -2.89. The molecule has 0 aliphatic heterocycles. The van der Waals surface area contributed by atoms with Gasteiger partial charge in [0.1, 0.15) is 23.6 Å². The molecule has 4 N–H and O–H groups in total. The zero-order valence-corrected chi connectivity index (χ0v) is 13.1. The molecule has 126 valence electrons. The minimum absolute atomic E-state index is 0.215. The van der Waals surface area contributed by atoms with Crippen LogP contribution in [-0.2, 0) is 9.53 Å². The second-order valence-corrected chi connectivity index (χ2v) is 5.08. The smallest absolute Gasteiger partial charge is 0.308 e. The van der Waals surface area contributed by atoms with Crippen molar-refractivity contribution >= 4 is 11.8 Å². The van der Waals surface area contributed by atoms with Crippen LogP contribution in [-0.4, -0.2) is 38.7 Å². The largest absolute Gasteiger partial charge is 0.466 e. The molecule has 2 atom stereocenters. The maximum absolute atomic E-state index is 11.4. The molecule has 0 spiro atoms. The van der Waals surface area contributed by atoms with E-state index in [2.05, 4.69) is 5.10 Å². The molecule has 0 bridgehead atoms. The van der Waals surface area contributed by atoms with Crippen molar-refractivity contribution in [2.45, 2.75) is 25.6 Å². The number of aliphatic hydroxyl groups is 2. The number of anilines is 1. The number of aliphatic hydroxyl groups excluding tert-OH is 2. The molecule has 8 heteroatoms. The van der Waals surface area contributed by atoms with Crippen LogP contribution in [0.1, 0.15) is 30.6 Å². The van der Waals surface area contributed by atoms with Gasteiger partial charge < -0.3 is 20.7 Å². The Kier molecular flexibility index (Phi) is 5.52. The van der Waals surface area contributed by atoms with Crippen molar-refractivity contribution in [3.8, 4) is 11.8 Å². The lowest BCUT2D eigenvalue weighted by molar-refractivity contribution is -0.147. The first kappa shape index (κ1) is 17.5. The Morgan fingerprint density at radius 1 is 1.42 bits per heavy atom. The minimum atomic E-state index is -1.27. The maximum atomic E-state index is 11.4. The molecular weight excluding hydrogens is 312 g/mol. The van der Waals surface area contributed by atoms with Crippen LogP contribution in [0.2, 0.25) is 0 Å². The Morgan fingerprint density at radius 3 is 2.62 bits per heavy atom. The highest BCUT2D eigenvalue weighted by atomic mass is 16.5. The van der Waals surface area contributed by atoms with Crippen molar-refractivity contribution in [1.29, 1.82) is 5.26 Å². The second-order valence-electron chi connectivity index (χ2n) is 5.08. The normalized spacial score (nSPS) is 13.1. The number of carbonyl (C=O) groups is 1. The number of rotatable bonds is 6. The predicted molar refractivity (Wildman–Crippen MR) is 84.9 cm³/mol. The number of aromatic nitrogens is 2. The number of hydrogen-bond donors (Lipinski definition) is 3. The highest BCUT2D eigenvalue weighted by Gasteiger charge is 2.22. The summed E-state index contributed by atoms with van der Waals surface area (Å²) < 4.78 is 6.13. The summed E-state index contributed by atoms with van der Waals surface area (Å²) in [7, 11) is 0. The molecule has 1 aromatic heterocycles. The number of nitrogen functional groups attached to an aromatic ring is 1. The summed E-state index contributed by atoms with van der Waals surface area (Å²) in [6.07, 6.45) is -1.43. The number of nitriles is 1. The molecule has 0 aliphatic carbocycles. The number of nitrogens with two attached hydrogens (primary N) is 1. The van der Waals surface area contributed by atoms with Crippen molar-refractivity contribution < 1.29 is 19.7 Å². The topological polar surface area (TPSA) is 134 Å². The van der Waals surface area contributed by atoms with Crippen LogP contribution in [0.3, 0.4) is 0 Å². The Balaban J connectivity index is 2.12. The van der Waals surface area contributed by atoms with Crippen LogP contribution in [0.15, 0.2) is 30.5 Å². The number of hydrogen-bond acceptors (Lipinski definition) is 7. The summed E-state index contributed by atoms with van der Waals surface area (Å²) in [6, 6.07) is 8.38. The van der Waals surface area contributed by atoms with Crippen LogP contribution < -0.4 is 5.73 Å². The first-order valence-electron chi connectivity index (χ1n) is 7.33. The number of carbonyl (C=O) groups excluding carboxylic acids is 1. The van der Waals surface area contributed by atoms with E-state index in [1.165, 1.54) is 10.9 Å². The van der Waals surface area contributed by atoms with E-state index in [9.17, 15) is 15.0 Å². The van der Waals surface area contributed by atoms with Crippen LogP contribution >= 0.6 is 0 Å². The molecule has 0 saturated heterocycles. The molecule has 2 aromatic rings. The Labute approximate surface area is 138 Å². The molecule has 0 fully saturated rings. The molecule has 0 saturated carbocycles. The Bertz CT molecular complexity index is 748. The number of ether oxygens (including phenoxy) is 1. The van der Waals surface area contributed by atoms with Gasteiger partial charge in [0.05, 0.1) is 31.0 Å². The zero-order valence-electron chi connectivity index (χ0n) is 13.1. The van der Waals surface area contributed by atoms with Gasteiger partial charge in [-0.25, -0.2) is 4.68 Å². The van der Waals surface area contributed by atoms with Crippen molar-refractivity contribution in [2.75, 3.05) is 12.3 Å². The second kappa shape index (κ2) is 7.59. The third-order valence-corrected chi connectivity index (χ3v) is 3.45. The van der Waals surface area contributed by atoms with E-state index in [4.69, 9.17) is 15.7 Å². The first-order chi connectivity index (χ1) is 11.5. The predicted octanol–water partition coefficient (Wildman–Crippen LogP) is 0.674. The minimum Gasteiger partial charge on any atom is -0.466 e. The first-order valence-corrected chi connectivity index (χ1v) is 7.33. The summed E-state index contributed by atoms with van der Waals surface area (Å²) in [4.78, 5) is 11.4. The van der Waals surface area contributed by atoms with E-state index >= 15 is 0 Å². The van der Waals surface area contributed by atoms with Gasteiger partial charge in [-0.3, -0.25) is 4.79 Å². The number of nitrogens with zero attached hydrogens (tertiary/aromatic N) is 3. The summed E-state index contributed by atoms with van der Waals surface area (Å²) in [5.74, 6) is -0.359. The third-order valence-electron chi connectivity index (χ3n) is 3.45. The molecule has 2 rings (SSSR count). The summed E-state index contributed by atoms with van der Waals surface area (Å²) in [6.45, 7) is 1.88. The van der Waals surface area contributed by atoms with Crippen LogP contribution in [0.4, 0.5) is 5.82 Å². The summed E-state index contributed by atoms with van der Waals surface area (Å²) in [5.41, 5.74) is 7.11. The van der Waals surface area contributed by atoms with Gasteiger partial charge in [0.2, 0.25) is 0 Å². The van der Waals surface area contributed by atoms with Crippen LogP contribution in [0, 0.1) is 11.3 Å². The van der Waals surface area contributed by atoms with E-state index < -0.39 is 18.2 Å². The van der Waals surface area contributed by atoms with E-state index in [0.717, 1.165) is 0 Å². The molecule has 8 nitrogen and oxygen atoms in total. The average molecular weight is 330 g/mol. The lowest BCUT2D eigenvalue weighted by Crippen LogP contribution is -2.23. The van der Waals surface area contributed by atoms with Gasteiger partial charge in [-0.1, -0.05) is 12.1 Å². The quantitative estimate of drug-likeness (QED) is 0.663. The molecule has 24 heavy (non-hydrogen) atoms. The van der Waals surface area contributed by atoms with Gasteiger partial charge in [-0.15, -0.1) is 0 Å². The van der Waals surface area contributed by atoms with Crippen molar-refractivity contribution in [3.05, 3.63) is 41.6 Å². The van der Waals surface area contributed by atoms with E-state index in [0.29, 0.717) is 11.3 Å². The lowest BCUT2D eigenvalue weighted by atomic mass is 10.0. The van der Waals surface area contributed by atoms with Gasteiger partial charge in [0.25, 0.3) is 0 Å². The zero-order chi connectivity index (χ0) is 17.7. The standard InChI is InChI=1S/C16H18N4O4/c1-2-24-14(22)7-13(21)15(23)10-3-5-12(6-4-10)20-16(18)11(8-17)9-19-20/h3-6,9,13,15,21,23H,2,7,18H2,1H3. The third kappa shape index (κ3) is 3.71. The van der Waals surface area contributed by atoms with Gasteiger partial charge in [0, 0.05) is 0 Å². The molecular formula is C16H18N4O4. The maximum Gasteiger partial charge on any atom is 0.308 e. The van der Waals surface area contributed by atoms with Crippen molar-refractivity contribution in [3.63, 3.8) is 0 Å². The monoisotopic (exact) mass is 330 g/mol. The Morgan fingerprint density at radius 2 is 2.08 bits per heavy atom. The van der Waals surface area contributed by atoms with E-state index in [1.54, 1.807) is 31.2 Å². The average Bonchev–Trinajstić information content (AvgIpc) is 2.95. The molecule has 2 unspecified atom stereocenters. The van der Waals surface area contributed by atoms with Crippen LogP contribution in [0.25, 0.3) is 5.69 Å². The van der Waals surface area contributed by atoms with Crippen molar-refractivity contribution in [1.82, 2.24) is 9.78 Å². The fraction of sp³-hybridized carbons (Fsp3) is 0.312. The molecule has 0 amide bonds. The highest BCUT2D eigenvalue weighted by Crippen LogP contribution is 2.22. The fourth-order valence-electron chi connectivity index (χ4n) is 2.19. The molecule has 0 aliphatic rings. The van der Waals surface area contributed by atoms with E-state index in [-0.39, 0.29) is 24.4 Å². The summed E-state index contributed by atoms with van der Waals surface area (Å²) >= 11 is 0. The number of benzene rings is 1. The number of esters is 1. The van der Waals surface area contributed by atoms with Gasteiger partial charge >= 0.3 is 5.97 Å². The molecule has 1 heterocycles. The van der Waals surface area contributed by atoms with Crippen LogP contribution in [0.5, 0.6) is 0 Å². The van der Waals surface area contributed by atoms with E-state index in [1.807, 2.05) is 6.07 Å². The summed E-state index contributed by atoms with van der Waals surface area (Å²) in [5, 5.41) is 32.9. The van der Waals surface area contributed by atoms with Gasteiger partial charge in [-0.2, -0.15) is 10.4 Å². The van der Waals surface area contributed by atoms with Gasteiger partial charge in [0.15, 0.2) is 0 Å². The molecule has 1 aromatic carbocycles. The lowest BCUT2D eigenvalue weighted by Gasteiger charge is -2.17. The van der Waals surface area contributed by atoms with Crippen molar-refractivity contribution in [2.24, 2.45) is 0 Å². The highest BCUT2D eigenvalue weighted by molar-refractivity contribution is 5.70. The fourth-order valence-corrected chi connectivity index (χ4v) is 2.19.